The number of likely N-dealkylation sites (tertiary alicyclic amines) is 1. The molecule has 1 saturated carbocycles. The van der Waals surface area contributed by atoms with Gasteiger partial charge in [-0.1, -0.05) is 61.0 Å². The molecule has 3 aliphatic rings. The number of fused-ring (bicyclic) bond motifs is 3. The third-order valence-corrected chi connectivity index (χ3v) is 9.52. The summed E-state index contributed by atoms with van der Waals surface area (Å²) < 4.78 is 0. The Morgan fingerprint density at radius 3 is 2.67 bits per heavy atom. The molecule has 3 amide bonds. The molecule has 0 unspecified atom stereocenters. The minimum absolute atomic E-state index is 0.00950. The summed E-state index contributed by atoms with van der Waals surface area (Å²) in [6.45, 7) is 2.67. The molecular weight excluding hydrogens is 498 g/mol. The van der Waals surface area contributed by atoms with Crippen molar-refractivity contribution in [2.24, 2.45) is 17.6 Å². The maximum Gasteiger partial charge on any atom is 0.318 e. The van der Waals surface area contributed by atoms with Gasteiger partial charge in [0.05, 0.1) is 0 Å². The van der Waals surface area contributed by atoms with Crippen LogP contribution in [0, 0.1) is 11.8 Å². The monoisotopic (exact) mass is 539 g/mol. The van der Waals surface area contributed by atoms with Crippen LogP contribution in [0.4, 0.5) is 4.79 Å². The molecule has 2 aliphatic carbocycles. The smallest absolute Gasteiger partial charge is 0.318 e. The predicted octanol–water partition coefficient (Wildman–Crippen LogP) is 4.73. The van der Waals surface area contributed by atoms with Crippen LogP contribution in [0.1, 0.15) is 55.2 Å². The topological polar surface area (TPSA) is 103 Å². The van der Waals surface area contributed by atoms with Crippen molar-refractivity contribution in [1.82, 2.24) is 20.5 Å². The van der Waals surface area contributed by atoms with Crippen molar-refractivity contribution < 1.29 is 9.59 Å². The zero-order valence-electron chi connectivity index (χ0n) is 23.2. The van der Waals surface area contributed by atoms with Gasteiger partial charge in [-0.15, -0.1) is 0 Å². The van der Waals surface area contributed by atoms with Crippen LogP contribution in [0.25, 0.3) is 17.0 Å². The van der Waals surface area contributed by atoms with Crippen LogP contribution in [0.5, 0.6) is 0 Å². The molecular formula is C33H41N5O2. The zero-order chi connectivity index (χ0) is 27.5. The Labute approximate surface area is 236 Å². The molecule has 3 aromatic rings. The molecule has 1 saturated heterocycles. The maximum atomic E-state index is 13.6. The van der Waals surface area contributed by atoms with E-state index < -0.39 is 6.04 Å². The summed E-state index contributed by atoms with van der Waals surface area (Å²) in [5.41, 5.74) is 10.7. The van der Waals surface area contributed by atoms with Gasteiger partial charge in [0.1, 0.15) is 6.04 Å². The molecule has 2 heterocycles. The fourth-order valence-corrected chi connectivity index (χ4v) is 7.12. The second-order valence-corrected chi connectivity index (χ2v) is 12.0. The molecule has 210 valence electrons. The molecule has 0 radical (unpaired) electrons. The quantitative estimate of drug-likeness (QED) is 0.349. The Balaban J connectivity index is 1.13. The number of nitrogens with two attached hydrogens (primary N) is 1. The Bertz CT molecular complexity index is 1390. The number of para-hydroxylation sites is 1. The van der Waals surface area contributed by atoms with Gasteiger partial charge >= 0.3 is 6.03 Å². The number of urea groups is 1. The molecule has 1 aromatic heterocycles. The van der Waals surface area contributed by atoms with Crippen molar-refractivity contribution in [3.63, 3.8) is 0 Å². The third-order valence-electron chi connectivity index (χ3n) is 9.52. The van der Waals surface area contributed by atoms with Gasteiger partial charge in [0.15, 0.2) is 0 Å². The van der Waals surface area contributed by atoms with Gasteiger partial charge in [-0.2, -0.15) is 0 Å². The molecule has 40 heavy (non-hydrogen) atoms. The van der Waals surface area contributed by atoms with Crippen LogP contribution in [0.3, 0.4) is 0 Å². The lowest BCUT2D eigenvalue weighted by atomic mass is 9.74. The van der Waals surface area contributed by atoms with Crippen LogP contribution >= 0.6 is 0 Å². The van der Waals surface area contributed by atoms with E-state index in [1.165, 1.54) is 17.5 Å². The van der Waals surface area contributed by atoms with Gasteiger partial charge in [-0.3, -0.25) is 4.79 Å². The summed E-state index contributed by atoms with van der Waals surface area (Å²) in [4.78, 5) is 32.3. The van der Waals surface area contributed by atoms with Crippen molar-refractivity contribution in [2.45, 2.75) is 56.4 Å². The summed E-state index contributed by atoms with van der Waals surface area (Å²) in [5.74, 6) is 0.868. The van der Waals surface area contributed by atoms with Gasteiger partial charge in [0, 0.05) is 48.6 Å². The fraction of sp³-hybridized carbons (Fsp3) is 0.455. The highest BCUT2D eigenvalue weighted by molar-refractivity contribution is 5.89. The van der Waals surface area contributed by atoms with Gasteiger partial charge in [0.25, 0.3) is 0 Å². The Morgan fingerprint density at radius 1 is 1.05 bits per heavy atom. The number of H-pyrrole nitrogens is 1. The van der Waals surface area contributed by atoms with E-state index in [9.17, 15) is 9.59 Å². The van der Waals surface area contributed by atoms with Crippen LogP contribution < -0.4 is 16.4 Å². The number of aromatic nitrogens is 1. The Hall–Kier alpha value is -3.58. The van der Waals surface area contributed by atoms with E-state index in [-0.39, 0.29) is 17.4 Å². The number of piperidine rings is 1. The van der Waals surface area contributed by atoms with E-state index in [1.54, 1.807) is 0 Å². The first-order chi connectivity index (χ1) is 19.5. The van der Waals surface area contributed by atoms with Gasteiger partial charge in [-0.05, 0) is 73.2 Å². The lowest BCUT2D eigenvalue weighted by Crippen LogP contribution is -2.55. The first-order valence-electron chi connectivity index (χ1n) is 14.9. The molecule has 5 N–H and O–H groups in total. The predicted molar refractivity (Wildman–Crippen MR) is 160 cm³/mol. The highest BCUT2D eigenvalue weighted by atomic mass is 16.2. The van der Waals surface area contributed by atoms with Crippen LogP contribution in [0.15, 0.2) is 60.8 Å². The number of allylic oxidation sites excluding steroid dienone is 1. The molecule has 1 aliphatic heterocycles. The first kappa shape index (κ1) is 26.6. The zero-order valence-corrected chi connectivity index (χ0v) is 23.2. The second-order valence-electron chi connectivity index (χ2n) is 12.0. The molecule has 0 bridgehead atoms. The fourth-order valence-electron chi connectivity index (χ4n) is 7.12. The highest BCUT2D eigenvalue weighted by Gasteiger charge is 2.39. The summed E-state index contributed by atoms with van der Waals surface area (Å²) >= 11 is 0. The lowest BCUT2D eigenvalue weighted by Gasteiger charge is -2.39. The average molecular weight is 540 g/mol. The Kier molecular flexibility index (Phi) is 7.65. The number of hydrogen-bond acceptors (Lipinski definition) is 3. The van der Waals surface area contributed by atoms with Gasteiger partial charge in [0.2, 0.25) is 5.91 Å². The minimum atomic E-state index is -0.649. The number of nitrogens with zero attached hydrogens (tertiary/aromatic N) is 1. The van der Waals surface area contributed by atoms with E-state index in [0.717, 1.165) is 48.6 Å². The number of carbonyl (C=O) groups excluding carboxylic acids is 2. The van der Waals surface area contributed by atoms with E-state index in [4.69, 9.17) is 5.73 Å². The molecule has 3 atom stereocenters. The number of amides is 3. The van der Waals surface area contributed by atoms with Gasteiger partial charge < -0.3 is 26.3 Å². The van der Waals surface area contributed by atoms with E-state index >= 15 is 0 Å². The number of nitrogens with one attached hydrogen (secondary N) is 3. The summed E-state index contributed by atoms with van der Waals surface area (Å²) in [6.07, 6.45) is 13.2. The normalized spacial score (nSPS) is 22.3. The van der Waals surface area contributed by atoms with Crippen molar-refractivity contribution in [3.8, 4) is 0 Å². The average Bonchev–Trinajstić information content (AvgIpc) is 3.57. The van der Waals surface area contributed by atoms with Gasteiger partial charge in [-0.25, -0.2) is 4.79 Å². The van der Waals surface area contributed by atoms with Crippen LogP contribution in [-0.4, -0.2) is 54.0 Å². The van der Waals surface area contributed by atoms with Crippen LogP contribution in [-0.2, 0) is 16.6 Å². The molecule has 2 aromatic carbocycles. The number of hydrogen-bond donors (Lipinski definition) is 4. The number of aromatic amines is 1. The second kappa shape index (κ2) is 11.5. The standard InChI is InChI=1S/C33H41N5O2/c34-20-23-6-5-7-24(18-23)21-36-31(39)30(19-26-22-35-29-11-4-2-9-27(26)29)37-32(40)38-16-14-33(15-17-38)13-12-25-8-1-3-10-28(25)33/h1-4,8-13,22-24,30,35H,5-7,14-21,34H2,(H,36,39)(H,37,40)/t23-,24+,30+/m0/s1. The maximum absolute atomic E-state index is 13.6. The van der Waals surface area contributed by atoms with E-state index in [2.05, 4.69) is 58.1 Å². The molecule has 6 rings (SSSR count). The number of rotatable bonds is 7. The van der Waals surface area contributed by atoms with Crippen molar-refractivity contribution in [3.05, 3.63) is 77.5 Å². The van der Waals surface area contributed by atoms with Crippen molar-refractivity contribution in [1.29, 1.82) is 0 Å². The van der Waals surface area contributed by atoms with Crippen LogP contribution in [0.2, 0.25) is 0 Å². The lowest BCUT2D eigenvalue weighted by molar-refractivity contribution is -0.123. The molecule has 7 heteroatoms. The summed E-state index contributed by atoms with van der Waals surface area (Å²) in [6, 6.07) is 15.8. The largest absolute Gasteiger partial charge is 0.361 e. The molecule has 2 fully saturated rings. The SMILES string of the molecule is NC[C@H]1CCC[C@@H](CNC(=O)[C@@H](Cc2c[nH]c3ccccc23)NC(=O)N2CCC3(C=Cc4ccccc43)CC2)C1. The Morgan fingerprint density at radius 2 is 1.82 bits per heavy atom. The highest BCUT2D eigenvalue weighted by Crippen LogP contribution is 2.43. The van der Waals surface area contributed by atoms with E-state index in [1.807, 2.05) is 29.3 Å². The summed E-state index contributed by atoms with van der Waals surface area (Å²) in [7, 11) is 0. The van der Waals surface area contributed by atoms with Crippen molar-refractivity contribution >= 4 is 28.9 Å². The minimum Gasteiger partial charge on any atom is -0.361 e. The summed E-state index contributed by atoms with van der Waals surface area (Å²) in [5, 5.41) is 7.39. The molecule has 7 nitrogen and oxygen atoms in total. The number of carbonyl (C=O) groups is 2. The van der Waals surface area contributed by atoms with Crippen molar-refractivity contribution in [2.75, 3.05) is 26.2 Å². The van der Waals surface area contributed by atoms with E-state index in [0.29, 0.717) is 44.4 Å². The molecule has 1 spiro atoms. The number of benzene rings is 2. The third kappa shape index (κ3) is 5.39. The first-order valence-corrected chi connectivity index (χ1v) is 14.9.